The van der Waals surface area contributed by atoms with Crippen LogP contribution in [0.1, 0.15) is 31.9 Å². The smallest absolute Gasteiger partial charge is 0.387 e. The topological polar surface area (TPSA) is 251 Å². The molecule has 7 N–H and O–H groups in total. The first-order valence-corrected chi connectivity index (χ1v) is 14.5. The molecule has 7 atom stereocenters. The lowest BCUT2D eigenvalue weighted by Gasteiger charge is -2.16. The summed E-state index contributed by atoms with van der Waals surface area (Å²) in [7, 11) is -11.9. The maximum atomic E-state index is 11.7. The lowest BCUT2D eigenvalue weighted by molar-refractivity contribution is -0.0476. The number of nitrogens with two attached hydrogens (primary N) is 1. The van der Waals surface area contributed by atoms with Gasteiger partial charge >= 0.3 is 24.3 Å². The average Bonchev–Trinajstić information content (AvgIpc) is 3.35. The van der Waals surface area contributed by atoms with E-state index in [2.05, 4.69) is 28.9 Å². The normalized spacial score (nSPS) is 24.6. The highest BCUT2D eigenvalue weighted by atomic mass is 31.3. The van der Waals surface area contributed by atoms with Crippen molar-refractivity contribution >= 4 is 41.3 Å². The van der Waals surface area contributed by atoms with Crippen LogP contribution in [0.2, 0.25) is 0 Å². The summed E-state index contributed by atoms with van der Waals surface area (Å²) >= 11 is 0. The molecule has 3 unspecified atom stereocenters. The molecule has 1 fully saturated rings. The molecule has 0 bridgehead atoms. The molecule has 0 amide bonds. The fourth-order valence-corrected chi connectivity index (χ4v) is 5.66. The van der Waals surface area contributed by atoms with Gasteiger partial charge in [-0.3, -0.25) is 9.46 Å². The van der Waals surface area contributed by atoms with Crippen molar-refractivity contribution in [2.75, 3.05) is 25.0 Å². The molecular formula is C16H27N6O11P3+2. The van der Waals surface area contributed by atoms with Crippen molar-refractivity contribution in [2.24, 2.45) is 5.73 Å². The Morgan fingerprint density at radius 2 is 1.89 bits per heavy atom. The number of unbranched alkanes of at least 4 members (excludes halogenated alkanes) is 3. The molecule has 3 rings (SSSR count). The third-order valence-electron chi connectivity index (χ3n) is 5.08. The van der Waals surface area contributed by atoms with Crippen LogP contribution in [0.15, 0.2) is 12.7 Å². The van der Waals surface area contributed by atoms with Gasteiger partial charge in [0.25, 0.3) is 0 Å². The van der Waals surface area contributed by atoms with Crippen LogP contribution in [0, 0.1) is 0 Å². The number of anilines is 1. The fourth-order valence-electron chi connectivity index (χ4n) is 3.44. The number of fused-ring (bicyclic) bond motifs is 1. The molecule has 1 aliphatic rings. The van der Waals surface area contributed by atoms with E-state index in [-0.39, 0.29) is 0 Å². The van der Waals surface area contributed by atoms with E-state index in [0.29, 0.717) is 30.1 Å². The lowest BCUT2D eigenvalue weighted by atomic mass is 10.1. The van der Waals surface area contributed by atoms with Crippen molar-refractivity contribution in [1.29, 1.82) is 0 Å². The first-order valence-electron chi connectivity index (χ1n) is 10.7. The number of aliphatic hydroxyl groups is 2. The summed E-state index contributed by atoms with van der Waals surface area (Å²) in [5.41, 5.74) is 6.23. The molecule has 0 radical (unpaired) electrons. The van der Waals surface area contributed by atoms with E-state index in [9.17, 15) is 28.8 Å². The number of ether oxygens (including phenoxy) is 1. The standard InChI is InChI=1S/C16H25N6O11P3/c17-5-3-1-2-4-6-18-14-11-15(20-8-19-14)22(9-21-11)16-13(24)12(23)10(31-16)7-30-35(27)33-36(28,29)32-34(25)26/h8-10,12-13,16,23-24H,1-7,17H2,(H-2,18,19,20,25,26,28,29)/p+2/t10-,12-,13-,16-/m1/s1. The van der Waals surface area contributed by atoms with Crippen molar-refractivity contribution in [3.8, 4) is 0 Å². The maximum Gasteiger partial charge on any atom is 0.708 e. The van der Waals surface area contributed by atoms with E-state index in [4.69, 9.17) is 19.9 Å². The van der Waals surface area contributed by atoms with Crippen molar-refractivity contribution in [2.45, 2.75) is 50.2 Å². The number of hydrogen-bond acceptors (Lipinski definition) is 14. The van der Waals surface area contributed by atoms with E-state index >= 15 is 0 Å². The Balaban J connectivity index is 1.61. The molecule has 0 aliphatic carbocycles. The highest BCUT2D eigenvalue weighted by Gasteiger charge is 2.48. The zero-order chi connectivity index (χ0) is 26.3. The van der Waals surface area contributed by atoms with Gasteiger partial charge in [-0.05, 0) is 19.4 Å². The first-order chi connectivity index (χ1) is 17.1. The van der Waals surface area contributed by atoms with Crippen LogP contribution in [0.4, 0.5) is 5.82 Å². The molecule has 20 heteroatoms. The second kappa shape index (κ2) is 13.3. The molecule has 1 saturated heterocycles. The monoisotopic (exact) mass is 572 g/mol. The number of phosphoric acid groups is 1. The van der Waals surface area contributed by atoms with Crippen LogP contribution in [-0.2, 0) is 31.6 Å². The van der Waals surface area contributed by atoms with Gasteiger partial charge < -0.3 is 26.0 Å². The Bertz CT molecular complexity index is 1110. The molecule has 2 aromatic rings. The van der Waals surface area contributed by atoms with Gasteiger partial charge in [0.05, 0.1) is 6.33 Å². The van der Waals surface area contributed by atoms with Gasteiger partial charge in [0.1, 0.15) is 31.2 Å². The van der Waals surface area contributed by atoms with Crippen LogP contribution >= 0.6 is 24.3 Å². The van der Waals surface area contributed by atoms with E-state index in [1.54, 1.807) is 0 Å². The summed E-state index contributed by atoms with van der Waals surface area (Å²) < 4.78 is 53.2. The zero-order valence-electron chi connectivity index (χ0n) is 18.8. The van der Waals surface area contributed by atoms with Gasteiger partial charge in [-0.15, -0.1) is 9.42 Å². The van der Waals surface area contributed by atoms with Crippen molar-refractivity contribution in [1.82, 2.24) is 19.5 Å². The number of rotatable bonds is 15. The molecule has 0 aromatic carbocycles. The largest absolute Gasteiger partial charge is 0.708 e. The molecule has 200 valence electrons. The SMILES string of the molecule is NCCCCCCNc1ncnc2c1ncn2[C@@H]1O[C@H](CO[P+](=O)OP(=O)(O)O[P+](=O)O)[C@@H](O)[C@H]1O. The predicted octanol–water partition coefficient (Wildman–Crippen LogP) is 0.834. The second-order valence-corrected chi connectivity index (χ2v) is 11.0. The molecular weight excluding hydrogens is 545 g/mol. The number of imidazole rings is 1. The number of hydrogen-bond donors (Lipinski definition) is 6. The van der Waals surface area contributed by atoms with E-state index < -0.39 is 55.5 Å². The van der Waals surface area contributed by atoms with Crippen LogP contribution < -0.4 is 11.1 Å². The Morgan fingerprint density at radius 1 is 1.14 bits per heavy atom. The summed E-state index contributed by atoms with van der Waals surface area (Å²) in [6, 6.07) is 0. The van der Waals surface area contributed by atoms with E-state index in [1.807, 2.05) is 0 Å². The molecule has 36 heavy (non-hydrogen) atoms. The summed E-state index contributed by atoms with van der Waals surface area (Å²) in [5.74, 6) is 0.486. The van der Waals surface area contributed by atoms with Crippen molar-refractivity contribution in [3.63, 3.8) is 0 Å². The molecule has 1 aliphatic heterocycles. The van der Waals surface area contributed by atoms with Gasteiger partial charge in [-0.1, -0.05) is 12.8 Å². The Kier molecular flexibility index (Phi) is 10.7. The number of aromatic nitrogens is 4. The average molecular weight is 572 g/mol. The Hall–Kier alpha value is -1.58. The Morgan fingerprint density at radius 3 is 2.61 bits per heavy atom. The summed E-state index contributed by atoms with van der Waals surface area (Å²) in [5, 5.41) is 24.0. The Labute approximate surface area is 206 Å². The second-order valence-electron chi connectivity index (χ2n) is 7.61. The van der Waals surface area contributed by atoms with Crippen LogP contribution in [0.5, 0.6) is 0 Å². The highest BCUT2D eigenvalue weighted by Crippen LogP contribution is 2.57. The first kappa shape index (κ1) is 29.0. The van der Waals surface area contributed by atoms with Gasteiger partial charge in [-0.2, -0.15) is 0 Å². The maximum absolute atomic E-state index is 11.7. The predicted molar refractivity (Wildman–Crippen MR) is 123 cm³/mol. The minimum Gasteiger partial charge on any atom is -0.387 e. The summed E-state index contributed by atoms with van der Waals surface area (Å²) in [6.45, 7) is 0.688. The third kappa shape index (κ3) is 7.71. The molecule has 17 nitrogen and oxygen atoms in total. The quantitative estimate of drug-likeness (QED) is 0.128. The van der Waals surface area contributed by atoms with Crippen molar-refractivity contribution < 1.29 is 51.6 Å². The lowest BCUT2D eigenvalue weighted by Crippen LogP contribution is -2.33. The molecule has 0 spiro atoms. The van der Waals surface area contributed by atoms with Crippen LogP contribution in [0.3, 0.4) is 0 Å². The molecule has 3 heterocycles. The summed E-state index contributed by atoms with van der Waals surface area (Å²) in [6.07, 6.45) is 1.24. The number of nitrogens with one attached hydrogen (secondary N) is 1. The minimum absolute atomic E-state index is 0.319. The minimum atomic E-state index is -5.13. The van der Waals surface area contributed by atoms with E-state index in [1.165, 1.54) is 17.2 Å². The third-order valence-corrected chi connectivity index (χ3v) is 8.18. The fraction of sp³-hybridized carbons (Fsp3) is 0.688. The van der Waals surface area contributed by atoms with Crippen LogP contribution in [0.25, 0.3) is 11.2 Å². The van der Waals surface area contributed by atoms with Gasteiger partial charge in [0.2, 0.25) is 0 Å². The van der Waals surface area contributed by atoms with Crippen molar-refractivity contribution in [3.05, 3.63) is 12.7 Å². The van der Waals surface area contributed by atoms with Gasteiger partial charge in [0, 0.05) is 24.3 Å². The number of nitrogens with zero attached hydrogens (tertiary/aromatic N) is 4. The van der Waals surface area contributed by atoms with E-state index in [0.717, 1.165) is 25.7 Å². The highest BCUT2D eigenvalue weighted by molar-refractivity contribution is 7.61. The molecule has 2 aromatic heterocycles. The molecule has 0 saturated carbocycles. The zero-order valence-corrected chi connectivity index (χ0v) is 21.5. The van der Waals surface area contributed by atoms with Crippen LogP contribution in [-0.4, -0.2) is 77.5 Å². The van der Waals surface area contributed by atoms with Gasteiger partial charge in [-0.25, -0.2) is 19.5 Å². The van der Waals surface area contributed by atoms with Gasteiger partial charge in [0.15, 0.2) is 23.2 Å². The number of aliphatic hydroxyl groups excluding tert-OH is 2. The summed E-state index contributed by atoms with van der Waals surface area (Å²) in [4.78, 5) is 30.4.